The van der Waals surface area contributed by atoms with E-state index in [1.807, 2.05) is 19.9 Å². The molecule has 6 rings (SSSR count). The van der Waals surface area contributed by atoms with Crippen LogP contribution in [0.15, 0.2) is 36.5 Å². The van der Waals surface area contributed by atoms with E-state index >= 15 is 0 Å². The first kappa shape index (κ1) is 25.8. The summed E-state index contributed by atoms with van der Waals surface area (Å²) in [5.74, 6) is -0.774. The van der Waals surface area contributed by atoms with Crippen LogP contribution in [0.5, 0.6) is 0 Å². The number of aromatic nitrogens is 3. The second-order valence-electron chi connectivity index (χ2n) is 11.1. The zero-order chi connectivity index (χ0) is 27.4. The maximum atomic E-state index is 13.8. The van der Waals surface area contributed by atoms with E-state index < -0.39 is 11.1 Å². The summed E-state index contributed by atoms with van der Waals surface area (Å²) in [6, 6.07) is 8.07. The molecule has 0 atom stereocenters. The Labute approximate surface area is 225 Å². The van der Waals surface area contributed by atoms with Gasteiger partial charge < -0.3 is 24.4 Å². The van der Waals surface area contributed by atoms with Crippen molar-refractivity contribution in [2.24, 2.45) is 0 Å². The Balaban J connectivity index is 1.29. The summed E-state index contributed by atoms with van der Waals surface area (Å²) in [4.78, 5) is 35.2. The maximum absolute atomic E-state index is 13.8. The van der Waals surface area contributed by atoms with E-state index in [9.17, 15) is 19.1 Å². The largest absolute Gasteiger partial charge is 0.381 e. The molecule has 0 radical (unpaired) electrons. The molecule has 10 nitrogen and oxygen atoms in total. The van der Waals surface area contributed by atoms with Crippen LogP contribution in [0.4, 0.5) is 4.39 Å². The van der Waals surface area contributed by atoms with Crippen molar-refractivity contribution >= 4 is 17.5 Å². The van der Waals surface area contributed by atoms with Crippen molar-refractivity contribution in [3.63, 3.8) is 0 Å². The average molecular weight is 538 g/mol. The fraction of sp³-hybridized carbons (Fsp3) is 0.500. The van der Waals surface area contributed by atoms with E-state index in [-0.39, 0.29) is 42.1 Å². The summed E-state index contributed by atoms with van der Waals surface area (Å²) < 4.78 is 26.0. The van der Waals surface area contributed by atoms with Gasteiger partial charge in [0.05, 0.1) is 25.1 Å². The van der Waals surface area contributed by atoms with Gasteiger partial charge in [0.1, 0.15) is 22.7 Å². The number of ether oxygens (including phenoxy) is 2. The molecule has 1 N–H and O–H groups in total. The Bertz CT molecular complexity index is 1410. The molecule has 0 saturated carbocycles. The van der Waals surface area contributed by atoms with Crippen LogP contribution in [0.3, 0.4) is 0 Å². The van der Waals surface area contributed by atoms with E-state index in [0.717, 1.165) is 11.1 Å². The molecule has 39 heavy (non-hydrogen) atoms. The number of carbonyl (C=O) groups excluding carboxylic acids is 2. The number of halogens is 1. The molecule has 2 aromatic heterocycles. The number of rotatable bonds is 4. The first-order valence-electron chi connectivity index (χ1n) is 13.3. The Morgan fingerprint density at radius 2 is 1.79 bits per heavy atom. The Morgan fingerprint density at radius 3 is 2.44 bits per heavy atom. The summed E-state index contributed by atoms with van der Waals surface area (Å²) in [5, 5.41) is 15.6. The number of piperazine rings is 1. The monoisotopic (exact) mass is 537 g/mol. The number of nitrogens with zero attached hydrogens (tertiary/aromatic N) is 5. The van der Waals surface area contributed by atoms with Crippen molar-refractivity contribution in [2.75, 3.05) is 46.1 Å². The lowest BCUT2D eigenvalue weighted by atomic mass is 9.88. The molecule has 3 saturated heterocycles. The van der Waals surface area contributed by atoms with Crippen LogP contribution in [0.2, 0.25) is 0 Å². The van der Waals surface area contributed by atoms with Gasteiger partial charge in [0.15, 0.2) is 5.65 Å². The van der Waals surface area contributed by atoms with E-state index in [4.69, 9.17) is 14.5 Å². The summed E-state index contributed by atoms with van der Waals surface area (Å²) in [6.07, 6.45) is 2.16. The van der Waals surface area contributed by atoms with Crippen LogP contribution in [0.25, 0.3) is 16.9 Å². The first-order chi connectivity index (χ1) is 18.7. The van der Waals surface area contributed by atoms with Gasteiger partial charge in [0.2, 0.25) is 0 Å². The molecule has 206 valence electrons. The van der Waals surface area contributed by atoms with Crippen LogP contribution in [0.1, 0.15) is 48.7 Å². The van der Waals surface area contributed by atoms with E-state index in [0.29, 0.717) is 57.4 Å². The second kappa shape index (κ2) is 9.65. The molecular weight excluding hydrogens is 505 g/mol. The van der Waals surface area contributed by atoms with Crippen LogP contribution >= 0.6 is 0 Å². The number of hydrogen-bond acceptors (Lipinski definition) is 7. The summed E-state index contributed by atoms with van der Waals surface area (Å²) in [6.45, 7) is 6.30. The number of aliphatic hydroxyl groups is 1. The first-order valence-corrected chi connectivity index (χ1v) is 13.3. The fourth-order valence-corrected chi connectivity index (χ4v) is 5.70. The normalized spacial score (nSPS) is 20.4. The van der Waals surface area contributed by atoms with Gasteiger partial charge in [-0.1, -0.05) is 13.8 Å². The lowest BCUT2D eigenvalue weighted by molar-refractivity contribution is -0.182. The number of hydrogen-bond donors (Lipinski definition) is 1. The van der Waals surface area contributed by atoms with Crippen molar-refractivity contribution < 1.29 is 28.6 Å². The predicted molar refractivity (Wildman–Crippen MR) is 139 cm³/mol. The van der Waals surface area contributed by atoms with E-state index in [2.05, 4.69) is 5.10 Å². The number of fused-ring (bicyclic) bond motifs is 1. The standard InChI is InChI=1S/C28H32FN5O5/c1-18(2)21-13-22(19-3-5-20(29)6-4-19)31-34-14-23(30-24(21)34)25(35)33-10-9-32(15-27(33)16-39-17-27)26(36)28(37)7-11-38-12-8-28/h3-6,13-14,18,37H,7-12,15-17H2,1-2H3. The van der Waals surface area contributed by atoms with Crippen LogP contribution in [0, 0.1) is 5.82 Å². The van der Waals surface area contributed by atoms with Crippen LogP contribution in [-0.4, -0.2) is 98.5 Å². The Hall–Kier alpha value is -3.41. The third-order valence-corrected chi connectivity index (χ3v) is 8.08. The third-order valence-electron chi connectivity index (χ3n) is 8.08. The van der Waals surface area contributed by atoms with Crippen molar-refractivity contribution in [3.8, 4) is 11.3 Å². The molecule has 0 unspecified atom stereocenters. The highest BCUT2D eigenvalue weighted by molar-refractivity contribution is 5.94. The minimum atomic E-state index is -1.43. The molecule has 0 aliphatic carbocycles. The van der Waals surface area contributed by atoms with Crippen LogP contribution < -0.4 is 0 Å². The lowest BCUT2D eigenvalue weighted by Crippen LogP contribution is -2.74. The smallest absolute Gasteiger partial charge is 0.274 e. The highest BCUT2D eigenvalue weighted by Gasteiger charge is 2.53. The number of carbonyl (C=O) groups is 2. The molecule has 1 aromatic carbocycles. The third kappa shape index (κ3) is 4.48. The molecule has 3 aliphatic heterocycles. The minimum absolute atomic E-state index is 0.108. The van der Waals surface area contributed by atoms with E-state index in [1.165, 1.54) is 12.1 Å². The van der Waals surface area contributed by atoms with Gasteiger partial charge >= 0.3 is 0 Å². The number of imidazole rings is 1. The van der Waals surface area contributed by atoms with Crippen LogP contribution in [-0.2, 0) is 14.3 Å². The molecule has 1 spiro atoms. The molecule has 11 heteroatoms. The van der Waals surface area contributed by atoms with Crippen molar-refractivity contribution in [2.45, 2.75) is 43.7 Å². The van der Waals surface area contributed by atoms with Crippen molar-refractivity contribution in [1.29, 1.82) is 0 Å². The van der Waals surface area contributed by atoms with Gasteiger partial charge in [-0.05, 0) is 36.2 Å². The number of benzene rings is 1. The van der Waals surface area contributed by atoms with Gasteiger partial charge in [-0.25, -0.2) is 13.9 Å². The van der Waals surface area contributed by atoms with Crippen molar-refractivity contribution in [3.05, 3.63) is 53.6 Å². The molecule has 3 aromatic rings. The lowest BCUT2D eigenvalue weighted by Gasteiger charge is -2.55. The minimum Gasteiger partial charge on any atom is -0.381 e. The molecule has 3 fully saturated rings. The zero-order valence-corrected chi connectivity index (χ0v) is 22.1. The van der Waals surface area contributed by atoms with Gasteiger partial charge in [-0.15, -0.1) is 0 Å². The highest BCUT2D eigenvalue weighted by atomic mass is 19.1. The zero-order valence-electron chi connectivity index (χ0n) is 22.1. The topological polar surface area (TPSA) is 110 Å². The van der Waals surface area contributed by atoms with E-state index in [1.54, 1.807) is 32.6 Å². The summed E-state index contributed by atoms with van der Waals surface area (Å²) >= 11 is 0. The summed E-state index contributed by atoms with van der Waals surface area (Å²) in [7, 11) is 0. The SMILES string of the molecule is CC(C)c1cc(-c2ccc(F)cc2)nn2cc(C(=O)N3CCN(C(=O)C4(O)CCOCC4)CC34COC4)nc12. The molecule has 3 aliphatic rings. The average Bonchev–Trinajstić information content (AvgIpc) is 3.35. The second-order valence-corrected chi connectivity index (χ2v) is 11.1. The van der Waals surface area contributed by atoms with Crippen molar-refractivity contribution in [1.82, 2.24) is 24.4 Å². The summed E-state index contributed by atoms with van der Waals surface area (Å²) in [5.41, 5.74) is 1.09. The molecular formula is C28H32FN5O5. The Kier molecular flexibility index (Phi) is 6.40. The van der Waals surface area contributed by atoms with Gasteiger partial charge in [-0.3, -0.25) is 9.59 Å². The quantitative estimate of drug-likeness (QED) is 0.544. The predicted octanol–water partition coefficient (Wildman–Crippen LogP) is 2.25. The van der Waals surface area contributed by atoms with Gasteiger partial charge in [0, 0.05) is 56.8 Å². The van der Waals surface area contributed by atoms with Gasteiger partial charge in [-0.2, -0.15) is 5.10 Å². The van der Waals surface area contributed by atoms with Gasteiger partial charge in [0.25, 0.3) is 11.8 Å². The number of amides is 2. The highest BCUT2D eigenvalue weighted by Crippen LogP contribution is 2.34. The molecule has 5 heterocycles. The Morgan fingerprint density at radius 1 is 1.08 bits per heavy atom. The molecule has 2 amide bonds. The fourth-order valence-electron chi connectivity index (χ4n) is 5.70. The molecule has 0 bridgehead atoms. The maximum Gasteiger partial charge on any atom is 0.274 e.